The molecule has 3 atom stereocenters. The number of hydrogen-bond donors (Lipinski definition) is 0. The lowest BCUT2D eigenvalue weighted by Crippen LogP contribution is -2.54. The highest BCUT2D eigenvalue weighted by Crippen LogP contribution is 2.38. The van der Waals surface area contributed by atoms with Gasteiger partial charge in [-0.2, -0.15) is 12.7 Å². The van der Waals surface area contributed by atoms with Gasteiger partial charge in [-0.15, -0.1) is 0 Å². The van der Waals surface area contributed by atoms with Crippen molar-refractivity contribution >= 4 is 25.8 Å². The van der Waals surface area contributed by atoms with Crippen molar-refractivity contribution < 1.29 is 44.7 Å². The van der Waals surface area contributed by atoms with Crippen molar-refractivity contribution in [2.75, 3.05) is 78.0 Å². The molecular weight excluding hydrogens is 697 g/mol. The summed E-state index contributed by atoms with van der Waals surface area (Å²) in [5.74, 6) is 0.547. The lowest BCUT2D eigenvalue weighted by atomic mass is 9.84. The van der Waals surface area contributed by atoms with Crippen LogP contribution in [0.1, 0.15) is 41.0 Å². The zero-order valence-electron chi connectivity index (χ0n) is 29.9. The lowest BCUT2D eigenvalue weighted by Gasteiger charge is -2.43. The van der Waals surface area contributed by atoms with Crippen molar-refractivity contribution in [2.45, 2.75) is 55.9 Å². The van der Waals surface area contributed by atoms with E-state index in [2.05, 4.69) is 11.0 Å². The van der Waals surface area contributed by atoms with E-state index < -0.39 is 32.3 Å². The standard InChI is InChI=1S/C37H50N2O10S2/c1-28-6-13-33(14-7-28)51(42,43)39-24-37(48-26-30-10-15-36-35(22-30)38(17-19-47-36)16-5-18-44-2)34(23-32(39)27-49-50(4,40)41)31-11-8-29(9-12-31)25-46-21-20-45-3/h6-15,22,32,34,37H,5,16-21,23-27H2,1-4H3. The maximum absolute atomic E-state index is 14.2. The summed E-state index contributed by atoms with van der Waals surface area (Å²) >= 11 is 0. The summed E-state index contributed by atoms with van der Waals surface area (Å²) in [5.41, 5.74) is 4.76. The number of benzene rings is 3. The SMILES string of the molecule is COCCCN1CCOc2ccc(COC3CN(S(=O)(=O)c4ccc(C)cc4)C(COS(C)(=O)=O)CC3c3ccc(COCCOC)cc3)cc21. The Balaban J connectivity index is 1.44. The van der Waals surface area contributed by atoms with Crippen molar-refractivity contribution in [1.29, 1.82) is 0 Å². The molecule has 0 saturated carbocycles. The minimum Gasteiger partial charge on any atom is -0.490 e. The number of sulfonamides is 1. The van der Waals surface area contributed by atoms with Crippen molar-refractivity contribution in [3.63, 3.8) is 0 Å². The predicted octanol–water partition coefficient (Wildman–Crippen LogP) is 4.50. The highest BCUT2D eigenvalue weighted by Gasteiger charge is 2.43. The minimum atomic E-state index is -4.05. The number of aryl methyl sites for hydroxylation is 1. The minimum absolute atomic E-state index is 0.00224. The Labute approximate surface area is 302 Å². The van der Waals surface area contributed by atoms with E-state index in [1.807, 2.05) is 43.3 Å². The van der Waals surface area contributed by atoms with Gasteiger partial charge in [0, 0.05) is 39.8 Å². The number of nitrogens with zero attached hydrogens (tertiary/aromatic N) is 2. The van der Waals surface area contributed by atoms with Gasteiger partial charge < -0.3 is 28.6 Å². The fourth-order valence-corrected chi connectivity index (χ4v) is 8.50. The van der Waals surface area contributed by atoms with Gasteiger partial charge in [0.2, 0.25) is 10.0 Å². The molecule has 5 rings (SSSR count). The molecular formula is C37H50N2O10S2. The van der Waals surface area contributed by atoms with Gasteiger partial charge in [0.05, 0.1) is 68.6 Å². The molecule has 0 spiro atoms. The van der Waals surface area contributed by atoms with Crippen molar-refractivity contribution in [3.05, 3.63) is 89.0 Å². The van der Waals surface area contributed by atoms with Crippen LogP contribution in [0, 0.1) is 6.92 Å². The molecule has 2 heterocycles. The molecule has 0 radical (unpaired) electrons. The summed E-state index contributed by atoms with van der Waals surface area (Å²) < 4.78 is 87.9. The second-order valence-corrected chi connectivity index (χ2v) is 16.5. The molecule has 0 bridgehead atoms. The lowest BCUT2D eigenvalue weighted by molar-refractivity contribution is -0.0249. The van der Waals surface area contributed by atoms with Crippen LogP contribution in [0.2, 0.25) is 0 Å². The Morgan fingerprint density at radius 3 is 2.29 bits per heavy atom. The zero-order chi connectivity index (χ0) is 36.4. The van der Waals surface area contributed by atoms with Gasteiger partial charge in [-0.25, -0.2) is 8.42 Å². The van der Waals surface area contributed by atoms with Crippen molar-refractivity contribution in [1.82, 2.24) is 4.31 Å². The van der Waals surface area contributed by atoms with E-state index in [1.165, 1.54) is 4.31 Å². The third kappa shape index (κ3) is 10.7. The summed E-state index contributed by atoms with van der Waals surface area (Å²) in [7, 11) is -4.57. The maximum atomic E-state index is 14.2. The maximum Gasteiger partial charge on any atom is 0.264 e. The summed E-state index contributed by atoms with van der Waals surface area (Å²) in [4.78, 5) is 2.41. The number of ether oxygens (including phenoxy) is 5. The second kappa shape index (κ2) is 18.1. The number of hydrogen-bond acceptors (Lipinski definition) is 11. The summed E-state index contributed by atoms with van der Waals surface area (Å²) in [5, 5.41) is 0. The third-order valence-electron chi connectivity index (χ3n) is 9.18. The van der Waals surface area contributed by atoms with Gasteiger partial charge in [0.15, 0.2) is 0 Å². The molecule has 3 aromatic rings. The molecule has 3 aromatic carbocycles. The molecule has 2 aliphatic rings. The first kappa shape index (κ1) is 39.1. The van der Waals surface area contributed by atoms with Gasteiger partial charge in [0.25, 0.3) is 10.1 Å². The molecule has 14 heteroatoms. The molecule has 1 fully saturated rings. The molecule has 0 aliphatic carbocycles. The molecule has 0 N–H and O–H groups in total. The number of rotatable bonds is 18. The van der Waals surface area contributed by atoms with Crippen LogP contribution in [0.25, 0.3) is 0 Å². The highest BCUT2D eigenvalue weighted by atomic mass is 32.2. The average molecular weight is 747 g/mol. The molecule has 2 aliphatic heterocycles. The van der Waals surface area contributed by atoms with E-state index >= 15 is 0 Å². The van der Waals surface area contributed by atoms with Crippen LogP contribution in [0.5, 0.6) is 5.75 Å². The van der Waals surface area contributed by atoms with Crippen LogP contribution >= 0.6 is 0 Å². The fourth-order valence-electron chi connectivity index (χ4n) is 6.47. The normalized spacial score (nSPS) is 19.8. The molecule has 280 valence electrons. The molecule has 0 aromatic heterocycles. The number of piperidine rings is 1. The largest absolute Gasteiger partial charge is 0.490 e. The van der Waals surface area contributed by atoms with Gasteiger partial charge in [-0.05, 0) is 60.7 Å². The number of fused-ring (bicyclic) bond motifs is 1. The zero-order valence-corrected chi connectivity index (χ0v) is 31.5. The first-order chi connectivity index (χ1) is 24.5. The van der Waals surface area contributed by atoms with Gasteiger partial charge in [-0.3, -0.25) is 4.18 Å². The summed E-state index contributed by atoms with van der Waals surface area (Å²) in [6.07, 6.45) is 1.57. The Kier molecular flexibility index (Phi) is 13.9. The fraction of sp³-hybridized carbons (Fsp3) is 0.514. The van der Waals surface area contributed by atoms with E-state index in [0.29, 0.717) is 33.0 Å². The molecule has 12 nitrogen and oxygen atoms in total. The smallest absolute Gasteiger partial charge is 0.264 e. The quantitative estimate of drug-likeness (QED) is 0.135. The Morgan fingerprint density at radius 1 is 0.863 bits per heavy atom. The Bertz CT molecular complexity index is 1770. The summed E-state index contributed by atoms with van der Waals surface area (Å²) in [6.45, 7) is 6.06. The van der Waals surface area contributed by atoms with Crippen molar-refractivity contribution in [2.24, 2.45) is 0 Å². The molecule has 0 amide bonds. The van der Waals surface area contributed by atoms with Gasteiger partial charge >= 0.3 is 0 Å². The number of methoxy groups -OCH3 is 2. The van der Waals surface area contributed by atoms with E-state index in [0.717, 1.165) is 59.5 Å². The van der Waals surface area contributed by atoms with E-state index in [9.17, 15) is 16.8 Å². The van der Waals surface area contributed by atoms with Gasteiger partial charge in [0.1, 0.15) is 12.4 Å². The summed E-state index contributed by atoms with van der Waals surface area (Å²) in [6, 6.07) is 19.8. The highest BCUT2D eigenvalue weighted by molar-refractivity contribution is 7.89. The van der Waals surface area contributed by atoms with Crippen LogP contribution in [0.4, 0.5) is 5.69 Å². The average Bonchev–Trinajstić information content (AvgIpc) is 3.12. The van der Waals surface area contributed by atoms with Crippen LogP contribution in [-0.4, -0.2) is 106 Å². The van der Waals surface area contributed by atoms with Crippen molar-refractivity contribution in [3.8, 4) is 5.75 Å². The van der Waals surface area contributed by atoms with Crippen LogP contribution in [0.15, 0.2) is 71.6 Å². The van der Waals surface area contributed by atoms with Crippen LogP contribution < -0.4 is 9.64 Å². The Hall–Kier alpha value is -3.08. The third-order valence-corrected chi connectivity index (χ3v) is 11.7. The number of anilines is 1. The first-order valence-electron chi connectivity index (χ1n) is 17.2. The van der Waals surface area contributed by atoms with Gasteiger partial charge in [-0.1, -0.05) is 48.0 Å². The van der Waals surface area contributed by atoms with E-state index in [-0.39, 0.29) is 37.0 Å². The first-order valence-corrected chi connectivity index (χ1v) is 20.4. The van der Waals surface area contributed by atoms with Crippen LogP contribution in [0.3, 0.4) is 0 Å². The Morgan fingerprint density at radius 2 is 1.59 bits per heavy atom. The molecule has 51 heavy (non-hydrogen) atoms. The van der Waals surface area contributed by atoms with E-state index in [1.54, 1.807) is 38.5 Å². The second-order valence-electron chi connectivity index (χ2n) is 13.0. The molecule has 1 saturated heterocycles. The van der Waals surface area contributed by atoms with E-state index in [4.69, 9.17) is 27.9 Å². The molecule has 3 unspecified atom stereocenters. The monoisotopic (exact) mass is 746 g/mol. The topological polar surface area (TPSA) is 130 Å². The van der Waals surface area contributed by atoms with Crippen LogP contribution in [-0.2, 0) is 56.5 Å². The predicted molar refractivity (Wildman–Crippen MR) is 194 cm³/mol.